The summed E-state index contributed by atoms with van der Waals surface area (Å²) in [5.41, 5.74) is 4.10. The average molecular weight is 266 g/mol. The Morgan fingerprint density at radius 2 is 2.26 bits per heavy atom. The minimum absolute atomic E-state index is 0.339. The number of carbonyl (C=O) groups is 1. The molecule has 0 radical (unpaired) electrons. The van der Waals surface area contributed by atoms with Crippen molar-refractivity contribution in [3.63, 3.8) is 0 Å². The predicted molar refractivity (Wildman–Crippen MR) is 68.7 cm³/mol. The van der Waals surface area contributed by atoms with Crippen LogP contribution in [0.3, 0.4) is 0 Å². The van der Waals surface area contributed by atoms with Gasteiger partial charge in [0.25, 0.3) is 0 Å². The first-order chi connectivity index (χ1) is 9.20. The number of esters is 1. The summed E-state index contributed by atoms with van der Waals surface area (Å²) in [7, 11) is 0. The van der Waals surface area contributed by atoms with Crippen molar-refractivity contribution in [2.45, 2.75) is 13.8 Å². The summed E-state index contributed by atoms with van der Waals surface area (Å²) in [6.07, 6.45) is 1.49. The molecular formula is C12H18N4O3. The first kappa shape index (κ1) is 13.7. The Morgan fingerprint density at radius 3 is 2.89 bits per heavy atom. The average Bonchev–Trinajstić information content (AvgIpc) is 2.40. The normalized spacial score (nSPS) is 16.1. The third kappa shape index (κ3) is 3.62. The fourth-order valence-electron chi connectivity index (χ4n) is 1.75. The molecule has 2 rings (SSSR count). The topological polar surface area (TPSA) is 76.6 Å². The molecule has 19 heavy (non-hydrogen) atoms. The lowest BCUT2D eigenvalue weighted by Gasteiger charge is -2.26. The molecule has 1 aliphatic rings. The smallest absolute Gasteiger partial charge is 0.341 e. The van der Waals surface area contributed by atoms with Crippen molar-refractivity contribution in [1.82, 2.24) is 15.0 Å². The molecule has 1 aromatic heterocycles. The molecule has 7 nitrogen and oxygen atoms in total. The Kier molecular flexibility index (Phi) is 4.64. The van der Waals surface area contributed by atoms with Crippen molar-refractivity contribution in [1.29, 1.82) is 0 Å². The maximum atomic E-state index is 11.6. The number of carbonyl (C=O) groups excluding carboxylic acids is 1. The van der Waals surface area contributed by atoms with E-state index in [1.807, 2.05) is 5.01 Å². The molecule has 0 amide bonds. The zero-order valence-electron chi connectivity index (χ0n) is 11.2. The van der Waals surface area contributed by atoms with Crippen molar-refractivity contribution in [2.75, 3.05) is 38.3 Å². The summed E-state index contributed by atoms with van der Waals surface area (Å²) in [6, 6.07) is 0. The molecule has 1 saturated heterocycles. The van der Waals surface area contributed by atoms with Crippen molar-refractivity contribution in [3.8, 4) is 0 Å². The van der Waals surface area contributed by atoms with E-state index in [2.05, 4.69) is 15.4 Å². The lowest BCUT2D eigenvalue weighted by atomic mass is 10.2. The van der Waals surface area contributed by atoms with Gasteiger partial charge in [-0.2, -0.15) is 0 Å². The van der Waals surface area contributed by atoms with Crippen molar-refractivity contribution >= 4 is 11.9 Å². The quantitative estimate of drug-likeness (QED) is 0.800. The molecule has 0 aromatic carbocycles. The summed E-state index contributed by atoms with van der Waals surface area (Å²) in [5, 5.41) is 1.99. The molecule has 0 unspecified atom stereocenters. The highest BCUT2D eigenvalue weighted by atomic mass is 16.5. The number of anilines is 1. The van der Waals surface area contributed by atoms with Gasteiger partial charge in [0.2, 0.25) is 5.95 Å². The van der Waals surface area contributed by atoms with Gasteiger partial charge in [-0.15, -0.1) is 0 Å². The lowest BCUT2D eigenvalue weighted by Crippen LogP contribution is -2.40. The highest BCUT2D eigenvalue weighted by Gasteiger charge is 2.15. The van der Waals surface area contributed by atoms with Crippen LogP contribution in [-0.2, 0) is 9.47 Å². The van der Waals surface area contributed by atoms with Crippen LogP contribution >= 0.6 is 0 Å². The summed E-state index contributed by atoms with van der Waals surface area (Å²) in [6.45, 7) is 6.80. The minimum Gasteiger partial charge on any atom is -0.462 e. The largest absolute Gasteiger partial charge is 0.462 e. The SMILES string of the molecule is CCOC(=O)c1cnc(NN2CCOCC2)nc1C. The van der Waals surface area contributed by atoms with Gasteiger partial charge >= 0.3 is 5.97 Å². The van der Waals surface area contributed by atoms with Crippen LogP contribution in [0.25, 0.3) is 0 Å². The Hall–Kier alpha value is -1.73. The van der Waals surface area contributed by atoms with E-state index in [1.54, 1.807) is 13.8 Å². The van der Waals surface area contributed by atoms with Gasteiger partial charge in [0.05, 0.1) is 31.1 Å². The number of hydrogen-bond donors (Lipinski definition) is 1. The Labute approximate surface area is 111 Å². The van der Waals surface area contributed by atoms with Crippen LogP contribution < -0.4 is 5.43 Å². The highest BCUT2D eigenvalue weighted by Crippen LogP contribution is 2.09. The van der Waals surface area contributed by atoms with Gasteiger partial charge in [-0.05, 0) is 13.8 Å². The van der Waals surface area contributed by atoms with Crippen LogP contribution in [0.4, 0.5) is 5.95 Å². The molecule has 7 heteroatoms. The Bertz CT molecular complexity index is 447. The highest BCUT2D eigenvalue weighted by molar-refractivity contribution is 5.90. The summed E-state index contributed by atoms with van der Waals surface area (Å²) < 4.78 is 10.2. The van der Waals surface area contributed by atoms with Crippen molar-refractivity contribution in [3.05, 3.63) is 17.5 Å². The van der Waals surface area contributed by atoms with Crippen LogP contribution in [-0.4, -0.2) is 53.9 Å². The van der Waals surface area contributed by atoms with Gasteiger partial charge < -0.3 is 9.47 Å². The van der Waals surface area contributed by atoms with E-state index >= 15 is 0 Å². The number of nitrogens with one attached hydrogen (secondary N) is 1. The first-order valence-electron chi connectivity index (χ1n) is 6.31. The molecule has 0 atom stereocenters. The van der Waals surface area contributed by atoms with Crippen molar-refractivity contribution < 1.29 is 14.3 Å². The third-order valence-corrected chi connectivity index (χ3v) is 2.74. The van der Waals surface area contributed by atoms with E-state index in [1.165, 1.54) is 6.20 Å². The zero-order chi connectivity index (χ0) is 13.7. The van der Waals surface area contributed by atoms with Crippen LogP contribution in [0, 0.1) is 6.92 Å². The van der Waals surface area contributed by atoms with Gasteiger partial charge in [0, 0.05) is 19.3 Å². The van der Waals surface area contributed by atoms with E-state index in [4.69, 9.17) is 9.47 Å². The number of hydrogen-bond acceptors (Lipinski definition) is 7. The second-order valence-electron chi connectivity index (χ2n) is 4.12. The number of hydrazine groups is 1. The Balaban J connectivity index is 2.03. The molecular weight excluding hydrogens is 248 g/mol. The predicted octanol–water partition coefficient (Wildman–Crippen LogP) is 0.621. The molecule has 1 N–H and O–H groups in total. The van der Waals surface area contributed by atoms with E-state index < -0.39 is 5.97 Å². The molecule has 1 fully saturated rings. The number of rotatable bonds is 4. The number of nitrogens with zero attached hydrogens (tertiary/aromatic N) is 3. The minimum atomic E-state index is -0.391. The van der Waals surface area contributed by atoms with Gasteiger partial charge in [-0.3, -0.25) is 5.43 Å². The molecule has 1 aromatic rings. The molecule has 2 heterocycles. The number of aryl methyl sites for hydroxylation is 1. The van der Waals surface area contributed by atoms with Crippen LogP contribution in [0.1, 0.15) is 23.0 Å². The molecule has 1 aliphatic heterocycles. The van der Waals surface area contributed by atoms with Gasteiger partial charge in [0.15, 0.2) is 0 Å². The van der Waals surface area contributed by atoms with Crippen molar-refractivity contribution in [2.24, 2.45) is 0 Å². The van der Waals surface area contributed by atoms with Gasteiger partial charge in [-0.25, -0.2) is 19.8 Å². The fourth-order valence-corrected chi connectivity index (χ4v) is 1.75. The summed E-state index contributed by atoms with van der Waals surface area (Å²) in [4.78, 5) is 20.0. The molecule has 0 bridgehead atoms. The van der Waals surface area contributed by atoms with Gasteiger partial charge in [0.1, 0.15) is 0 Å². The fraction of sp³-hybridized carbons (Fsp3) is 0.583. The number of aromatic nitrogens is 2. The van der Waals surface area contributed by atoms with Crippen LogP contribution in [0.5, 0.6) is 0 Å². The standard InChI is InChI=1S/C12H18N4O3/c1-3-19-11(17)10-8-13-12(14-9(10)2)15-16-4-6-18-7-5-16/h8H,3-7H2,1-2H3,(H,13,14,15). The zero-order valence-corrected chi connectivity index (χ0v) is 11.2. The van der Waals surface area contributed by atoms with E-state index in [-0.39, 0.29) is 0 Å². The maximum Gasteiger partial charge on any atom is 0.341 e. The Morgan fingerprint density at radius 1 is 1.53 bits per heavy atom. The molecule has 0 saturated carbocycles. The number of ether oxygens (including phenoxy) is 2. The summed E-state index contributed by atoms with van der Waals surface area (Å²) >= 11 is 0. The van der Waals surface area contributed by atoms with E-state index in [9.17, 15) is 4.79 Å². The second kappa shape index (κ2) is 6.44. The van der Waals surface area contributed by atoms with E-state index in [0.717, 1.165) is 13.1 Å². The van der Waals surface area contributed by atoms with Crippen LogP contribution in [0.15, 0.2) is 6.20 Å². The molecule has 0 spiro atoms. The van der Waals surface area contributed by atoms with Crippen LogP contribution in [0.2, 0.25) is 0 Å². The monoisotopic (exact) mass is 266 g/mol. The third-order valence-electron chi connectivity index (χ3n) is 2.74. The van der Waals surface area contributed by atoms with E-state index in [0.29, 0.717) is 37.0 Å². The van der Waals surface area contributed by atoms with Gasteiger partial charge in [-0.1, -0.05) is 0 Å². The summed E-state index contributed by atoms with van der Waals surface area (Å²) in [5.74, 6) is 0.0883. The number of morpholine rings is 1. The second-order valence-corrected chi connectivity index (χ2v) is 4.12. The molecule has 104 valence electrons. The first-order valence-corrected chi connectivity index (χ1v) is 6.31. The maximum absolute atomic E-state index is 11.6. The lowest BCUT2D eigenvalue weighted by molar-refractivity contribution is 0.0492. The molecule has 0 aliphatic carbocycles.